The zero-order valence-corrected chi connectivity index (χ0v) is 17.5. The summed E-state index contributed by atoms with van der Waals surface area (Å²) in [6.07, 6.45) is -16.0. The number of sulfonamides is 1. The molecule has 7 nitrogen and oxygen atoms in total. The van der Waals surface area contributed by atoms with E-state index in [0.29, 0.717) is 6.42 Å². The molecule has 0 aromatic rings. The second-order valence-electron chi connectivity index (χ2n) is 8.19. The summed E-state index contributed by atoms with van der Waals surface area (Å²) in [5, 5.41) is -0.426. The Bertz CT molecular complexity index is 765. The summed E-state index contributed by atoms with van der Waals surface area (Å²) in [6, 6.07) is 0. The fraction of sp³-hybridized carbons (Fsp3) is 0.941. The molecule has 2 saturated heterocycles. The van der Waals surface area contributed by atoms with Crippen molar-refractivity contribution < 1.29 is 49.0 Å². The highest BCUT2D eigenvalue weighted by atomic mass is 32.2. The number of piperidine rings is 1. The van der Waals surface area contributed by atoms with Gasteiger partial charge < -0.3 is 14.4 Å². The molecule has 0 unspecified atom stereocenters. The molecule has 31 heavy (non-hydrogen) atoms. The molecule has 1 amide bonds. The number of likely N-dealkylation sites (tertiary alicyclic amines) is 1. The Morgan fingerprint density at radius 3 is 2.19 bits per heavy atom. The highest BCUT2D eigenvalue weighted by molar-refractivity contribution is 7.90. The van der Waals surface area contributed by atoms with Crippen LogP contribution in [-0.2, 0) is 19.5 Å². The van der Waals surface area contributed by atoms with Crippen LogP contribution in [0.15, 0.2) is 0 Å². The predicted molar refractivity (Wildman–Crippen MR) is 94.5 cm³/mol. The van der Waals surface area contributed by atoms with Crippen molar-refractivity contribution in [2.75, 3.05) is 32.8 Å². The molecule has 14 heteroatoms. The minimum Gasteiger partial charge on any atom is -0.426 e. The van der Waals surface area contributed by atoms with E-state index in [1.54, 1.807) is 0 Å². The van der Waals surface area contributed by atoms with E-state index in [1.807, 2.05) is 6.92 Å². The smallest absolute Gasteiger partial charge is 0.426 e. The van der Waals surface area contributed by atoms with Crippen LogP contribution in [0.3, 0.4) is 0 Å². The van der Waals surface area contributed by atoms with Crippen LogP contribution >= 0.6 is 0 Å². The first-order chi connectivity index (χ1) is 14.2. The van der Waals surface area contributed by atoms with Crippen molar-refractivity contribution in [3.8, 4) is 0 Å². The molecule has 3 fully saturated rings. The molecule has 1 aliphatic carbocycles. The van der Waals surface area contributed by atoms with E-state index in [1.165, 1.54) is 4.31 Å². The summed E-state index contributed by atoms with van der Waals surface area (Å²) in [5.41, 5.74) is -0.938. The molecular weight excluding hydrogens is 458 g/mol. The first-order valence-electron chi connectivity index (χ1n) is 9.91. The highest BCUT2D eigenvalue weighted by Crippen LogP contribution is 2.43. The van der Waals surface area contributed by atoms with Crippen molar-refractivity contribution in [2.45, 2.75) is 61.9 Å². The first kappa shape index (κ1) is 24.4. The van der Waals surface area contributed by atoms with Crippen LogP contribution in [0.4, 0.5) is 31.1 Å². The number of halogens is 6. The van der Waals surface area contributed by atoms with Crippen LogP contribution in [0.2, 0.25) is 0 Å². The maximum Gasteiger partial charge on any atom is 0.434 e. The fourth-order valence-electron chi connectivity index (χ4n) is 4.13. The Balaban J connectivity index is 1.60. The second kappa shape index (κ2) is 8.25. The molecule has 0 N–H and O–H groups in total. The largest absolute Gasteiger partial charge is 0.434 e. The van der Waals surface area contributed by atoms with E-state index in [9.17, 15) is 39.6 Å². The third-order valence-corrected chi connectivity index (χ3v) is 8.46. The van der Waals surface area contributed by atoms with Gasteiger partial charge in [0.15, 0.2) is 0 Å². The number of amides is 1. The molecule has 0 bridgehead atoms. The van der Waals surface area contributed by atoms with E-state index >= 15 is 0 Å². The van der Waals surface area contributed by atoms with Crippen molar-refractivity contribution in [1.29, 1.82) is 0 Å². The molecule has 1 spiro atoms. The number of ether oxygens (including phenoxy) is 2. The highest BCUT2D eigenvalue weighted by Gasteiger charge is 2.60. The molecule has 0 radical (unpaired) electrons. The van der Waals surface area contributed by atoms with Crippen LogP contribution in [0.25, 0.3) is 0 Å². The zero-order chi connectivity index (χ0) is 23.2. The first-order valence-corrected chi connectivity index (χ1v) is 11.4. The Hall–Kier alpha value is -1.28. The lowest BCUT2D eigenvalue weighted by molar-refractivity contribution is -0.308. The summed E-state index contributed by atoms with van der Waals surface area (Å²) in [6.45, 7) is 1.84. The summed E-state index contributed by atoms with van der Waals surface area (Å²) >= 11 is 0. The molecule has 3 aliphatic rings. The van der Waals surface area contributed by atoms with Gasteiger partial charge >= 0.3 is 18.4 Å². The Morgan fingerprint density at radius 1 is 1.13 bits per heavy atom. The minimum atomic E-state index is -5.79. The Morgan fingerprint density at radius 2 is 1.71 bits per heavy atom. The summed E-state index contributed by atoms with van der Waals surface area (Å²) in [7, 11) is -3.51. The van der Waals surface area contributed by atoms with E-state index in [0.717, 1.165) is 11.3 Å². The third-order valence-electron chi connectivity index (χ3n) is 6.08. The monoisotopic (exact) mass is 482 g/mol. The Labute approximate surface area is 175 Å². The molecule has 2 atom stereocenters. The van der Waals surface area contributed by atoms with E-state index < -0.39 is 45.4 Å². The minimum absolute atomic E-state index is 0.0406. The van der Waals surface area contributed by atoms with Crippen LogP contribution in [0, 0.1) is 5.92 Å². The maximum atomic E-state index is 12.8. The van der Waals surface area contributed by atoms with Gasteiger partial charge in [-0.25, -0.2) is 13.2 Å². The molecule has 0 aromatic heterocycles. The fourth-order valence-corrected chi connectivity index (χ4v) is 6.42. The number of nitrogens with zero attached hydrogens (tertiary/aromatic N) is 2. The van der Waals surface area contributed by atoms with Gasteiger partial charge in [-0.05, 0) is 25.2 Å². The van der Waals surface area contributed by atoms with Gasteiger partial charge in [0.25, 0.3) is 6.10 Å². The van der Waals surface area contributed by atoms with Crippen LogP contribution in [-0.4, -0.2) is 85.8 Å². The molecule has 3 rings (SSSR count). The predicted octanol–water partition coefficient (Wildman–Crippen LogP) is 2.91. The van der Waals surface area contributed by atoms with Crippen molar-refractivity contribution >= 4 is 16.1 Å². The lowest BCUT2D eigenvalue weighted by Gasteiger charge is -2.46. The van der Waals surface area contributed by atoms with E-state index in [4.69, 9.17) is 4.74 Å². The van der Waals surface area contributed by atoms with Crippen molar-refractivity contribution in [2.24, 2.45) is 5.92 Å². The van der Waals surface area contributed by atoms with E-state index in [2.05, 4.69) is 4.74 Å². The number of carbonyl (C=O) groups excluding carboxylic acids is 1. The van der Waals surface area contributed by atoms with Crippen molar-refractivity contribution in [3.63, 3.8) is 0 Å². The molecule has 1 saturated carbocycles. The zero-order valence-electron chi connectivity index (χ0n) is 16.7. The molecular formula is C17H24F6N2O5S. The normalized spacial score (nSPS) is 27.5. The van der Waals surface area contributed by atoms with Gasteiger partial charge in [-0.2, -0.15) is 30.6 Å². The number of rotatable bonds is 4. The standard InChI is InChI=1S/C17H24F6N2O5S/c1-2-11-9-12(11)31(27,28)25-7-8-29-15(10-25)3-5-24(6-4-15)14(26)30-13(16(18,19)20)17(21,22)23/h11-13H,2-10H2,1H3/t11-,12+/m0/s1. The van der Waals surface area contributed by atoms with Crippen LogP contribution in [0.1, 0.15) is 32.6 Å². The summed E-state index contributed by atoms with van der Waals surface area (Å²) < 4.78 is 112. The van der Waals surface area contributed by atoms with Gasteiger partial charge in [-0.1, -0.05) is 13.3 Å². The Kier molecular flexibility index (Phi) is 6.48. The van der Waals surface area contributed by atoms with Crippen LogP contribution < -0.4 is 0 Å². The van der Waals surface area contributed by atoms with Crippen molar-refractivity contribution in [1.82, 2.24) is 9.21 Å². The van der Waals surface area contributed by atoms with Gasteiger partial charge in [0.05, 0.1) is 17.5 Å². The van der Waals surface area contributed by atoms with E-state index in [-0.39, 0.29) is 51.5 Å². The van der Waals surface area contributed by atoms with Gasteiger partial charge in [-0.15, -0.1) is 0 Å². The average Bonchev–Trinajstić information content (AvgIpc) is 3.45. The maximum absolute atomic E-state index is 12.8. The number of morpholine rings is 1. The lowest BCUT2D eigenvalue weighted by Crippen LogP contribution is -2.59. The summed E-state index contributed by atoms with van der Waals surface area (Å²) in [5.74, 6) is 0.121. The summed E-state index contributed by atoms with van der Waals surface area (Å²) in [4.78, 5) is 12.7. The van der Waals surface area contributed by atoms with Gasteiger partial charge in [0.2, 0.25) is 10.0 Å². The van der Waals surface area contributed by atoms with Gasteiger partial charge in [-0.3, -0.25) is 0 Å². The number of alkyl halides is 6. The third kappa shape index (κ3) is 5.21. The molecule has 2 heterocycles. The number of hydrogen-bond donors (Lipinski definition) is 0. The second-order valence-corrected chi connectivity index (χ2v) is 10.3. The van der Waals surface area contributed by atoms with Crippen molar-refractivity contribution in [3.05, 3.63) is 0 Å². The molecule has 2 aliphatic heterocycles. The quantitative estimate of drug-likeness (QED) is 0.576. The molecule has 0 aromatic carbocycles. The molecule has 180 valence electrons. The number of carbonyl (C=O) groups is 1. The topological polar surface area (TPSA) is 76.2 Å². The van der Waals surface area contributed by atoms with Gasteiger partial charge in [0.1, 0.15) is 0 Å². The van der Waals surface area contributed by atoms with Gasteiger partial charge in [0, 0.05) is 26.2 Å². The SMILES string of the molecule is CC[C@H]1C[C@H]1S(=O)(=O)N1CCOC2(CCN(C(=O)OC(C(F)(F)F)C(F)(F)F)CC2)C1. The van der Waals surface area contributed by atoms with Crippen LogP contribution in [0.5, 0.6) is 0 Å². The lowest BCUT2D eigenvalue weighted by atomic mass is 9.90. The average molecular weight is 482 g/mol. The number of hydrogen-bond acceptors (Lipinski definition) is 5.